The molecular formula is C25H23ClN6O2. The molecule has 1 amide bonds. The maximum Gasteiger partial charge on any atom is 0.228 e. The average molecular weight is 475 g/mol. The summed E-state index contributed by atoms with van der Waals surface area (Å²) >= 11 is 5.99. The van der Waals surface area contributed by atoms with Crippen LogP contribution in [0.5, 0.6) is 5.88 Å². The number of aromatic nitrogens is 5. The first-order chi connectivity index (χ1) is 16.5. The molecule has 4 aromatic rings. The van der Waals surface area contributed by atoms with Gasteiger partial charge in [-0.3, -0.25) is 4.79 Å². The van der Waals surface area contributed by atoms with E-state index < -0.39 is 0 Å². The molecule has 5 rings (SSSR count). The van der Waals surface area contributed by atoms with Crippen molar-refractivity contribution < 1.29 is 9.53 Å². The van der Waals surface area contributed by atoms with Gasteiger partial charge in [-0.1, -0.05) is 23.7 Å². The number of aromatic amines is 1. The van der Waals surface area contributed by atoms with Crippen LogP contribution in [0.15, 0.2) is 54.7 Å². The second kappa shape index (κ2) is 9.23. The molecule has 8 nitrogen and oxygen atoms in total. The van der Waals surface area contributed by atoms with Gasteiger partial charge in [0.15, 0.2) is 0 Å². The minimum Gasteiger partial charge on any atom is -0.478 e. The normalized spacial score (nSPS) is 16.8. The summed E-state index contributed by atoms with van der Waals surface area (Å²) in [5.74, 6) is 1.14. The van der Waals surface area contributed by atoms with Gasteiger partial charge in [0.25, 0.3) is 0 Å². The molecule has 2 heterocycles. The molecule has 1 saturated carbocycles. The van der Waals surface area contributed by atoms with E-state index in [-0.39, 0.29) is 17.7 Å². The molecule has 172 valence electrons. The summed E-state index contributed by atoms with van der Waals surface area (Å²) < 4.78 is 5.46. The monoisotopic (exact) mass is 474 g/mol. The van der Waals surface area contributed by atoms with Crippen molar-refractivity contribution in [2.24, 2.45) is 5.92 Å². The third-order valence-corrected chi connectivity index (χ3v) is 6.23. The van der Waals surface area contributed by atoms with Crippen molar-refractivity contribution in [1.29, 1.82) is 0 Å². The van der Waals surface area contributed by atoms with E-state index in [0.29, 0.717) is 29.0 Å². The first-order valence-corrected chi connectivity index (χ1v) is 11.4. The van der Waals surface area contributed by atoms with Crippen molar-refractivity contribution in [2.45, 2.75) is 26.2 Å². The lowest BCUT2D eigenvalue weighted by atomic mass is 9.96. The SMILES string of the molecule is CCOc1ccc(-c2cc(C)c(NC(=O)C3CC3c3ccc(Cl)cc3)cc2-c2nn[nH]n2)cn1. The van der Waals surface area contributed by atoms with E-state index in [1.807, 2.05) is 62.4 Å². The molecule has 2 unspecified atom stereocenters. The lowest BCUT2D eigenvalue weighted by Gasteiger charge is -2.14. The number of aryl methyl sites for hydroxylation is 1. The Morgan fingerprint density at radius 2 is 2.00 bits per heavy atom. The number of halogens is 1. The van der Waals surface area contributed by atoms with E-state index in [1.54, 1.807) is 6.20 Å². The molecule has 0 spiro atoms. The number of H-pyrrole nitrogens is 1. The molecule has 2 aromatic heterocycles. The van der Waals surface area contributed by atoms with Gasteiger partial charge < -0.3 is 10.1 Å². The van der Waals surface area contributed by atoms with E-state index >= 15 is 0 Å². The highest BCUT2D eigenvalue weighted by molar-refractivity contribution is 6.30. The van der Waals surface area contributed by atoms with Crippen LogP contribution >= 0.6 is 11.6 Å². The van der Waals surface area contributed by atoms with Gasteiger partial charge in [-0.15, -0.1) is 10.2 Å². The predicted molar refractivity (Wildman–Crippen MR) is 130 cm³/mol. The Labute approximate surface area is 201 Å². The number of carbonyl (C=O) groups excluding carboxylic acids is 1. The number of nitrogens with one attached hydrogen (secondary N) is 2. The summed E-state index contributed by atoms with van der Waals surface area (Å²) in [5, 5.41) is 18.3. The first-order valence-electron chi connectivity index (χ1n) is 11.1. The molecule has 1 aliphatic carbocycles. The molecule has 2 atom stereocenters. The van der Waals surface area contributed by atoms with Crippen LogP contribution in [-0.4, -0.2) is 38.1 Å². The number of nitrogens with zero attached hydrogens (tertiary/aromatic N) is 4. The maximum atomic E-state index is 13.0. The summed E-state index contributed by atoms with van der Waals surface area (Å²) in [6.45, 7) is 4.43. The number of rotatable bonds is 7. The summed E-state index contributed by atoms with van der Waals surface area (Å²) in [6.07, 6.45) is 2.57. The molecule has 34 heavy (non-hydrogen) atoms. The second-order valence-corrected chi connectivity index (χ2v) is 8.69. The Balaban J connectivity index is 1.42. The number of tetrazole rings is 1. The lowest BCUT2D eigenvalue weighted by Crippen LogP contribution is -2.15. The molecule has 2 N–H and O–H groups in total. The zero-order valence-electron chi connectivity index (χ0n) is 18.7. The number of amides is 1. The van der Waals surface area contributed by atoms with Crippen molar-refractivity contribution in [3.63, 3.8) is 0 Å². The van der Waals surface area contributed by atoms with Crippen molar-refractivity contribution in [3.05, 3.63) is 70.9 Å². The Hall–Kier alpha value is -3.78. The van der Waals surface area contributed by atoms with Crippen molar-refractivity contribution in [3.8, 4) is 28.4 Å². The summed E-state index contributed by atoms with van der Waals surface area (Å²) in [6, 6.07) is 15.4. The van der Waals surface area contributed by atoms with Gasteiger partial charge in [0, 0.05) is 40.0 Å². The smallest absolute Gasteiger partial charge is 0.228 e. The molecule has 9 heteroatoms. The summed E-state index contributed by atoms with van der Waals surface area (Å²) in [7, 11) is 0. The molecule has 0 saturated heterocycles. The highest BCUT2D eigenvalue weighted by Gasteiger charge is 2.44. The third kappa shape index (κ3) is 4.49. The van der Waals surface area contributed by atoms with Gasteiger partial charge in [0.2, 0.25) is 17.6 Å². The second-order valence-electron chi connectivity index (χ2n) is 8.26. The highest BCUT2D eigenvalue weighted by atomic mass is 35.5. The number of pyridine rings is 1. The standard InChI is InChI=1S/C25H23ClN6O2/c1-3-34-23-9-6-16(13-27-23)18-10-14(2)22(12-20(18)24-29-31-32-30-24)28-25(33)21-11-19(21)15-4-7-17(26)8-5-15/h4-10,12-13,19,21H,3,11H2,1-2H3,(H,28,33)(H,29,30,31,32). The van der Waals surface area contributed by atoms with Crippen molar-refractivity contribution >= 4 is 23.2 Å². The number of ether oxygens (including phenoxy) is 1. The van der Waals surface area contributed by atoms with Crippen LogP contribution < -0.4 is 10.1 Å². The molecule has 0 bridgehead atoms. The van der Waals surface area contributed by atoms with Crippen LogP contribution in [0.2, 0.25) is 5.02 Å². The Morgan fingerprint density at radius 1 is 1.18 bits per heavy atom. The van der Waals surface area contributed by atoms with Gasteiger partial charge in [-0.25, -0.2) is 4.98 Å². The Bertz CT molecular complexity index is 1310. The zero-order chi connectivity index (χ0) is 23.7. The molecule has 2 aromatic carbocycles. The minimum atomic E-state index is -0.0656. The minimum absolute atomic E-state index is 0.00223. The molecule has 0 aliphatic heterocycles. The van der Waals surface area contributed by atoms with E-state index in [0.717, 1.165) is 34.2 Å². The van der Waals surface area contributed by atoms with Crippen LogP contribution in [0.4, 0.5) is 5.69 Å². The summed E-state index contributed by atoms with van der Waals surface area (Å²) in [5.41, 5.74) is 5.28. The third-order valence-electron chi connectivity index (χ3n) is 5.97. The molecular weight excluding hydrogens is 452 g/mol. The predicted octanol–water partition coefficient (Wildman–Crippen LogP) is 5.03. The van der Waals surface area contributed by atoms with E-state index in [2.05, 4.69) is 30.9 Å². The fourth-order valence-electron chi connectivity index (χ4n) is 4.10. The average Bonchev–Trinajstić information content (AvgIpc) is 3.46. The topological polar surface area (TPSA) is 106 Å². The van der Waals surface area contributed by atoms with Gasteiger partial charge in [0.1, 0.15) is 0 Å². The number of hydrogen-bond acceptors (Lipinski definition) is 6. The lowest BCUT2D eigenvalue weighted by molar-refractivity contribution is -0.117. The first kappa shape index (κ1) is 22.0. The number of carbonyl (C=O) groups is 1. The van der Waals surface area contributed by atoms with Gasteiger partial charge in [-0.2, -0.15) is 5.21 Å². The van der Waals surface area contributed by atoms with Crippen LogP contribution in [0, 0.1) is 12.8 Å². The Kier molecular flexibility index (Phi) is 5.98. The molecule has 1 fully saturated rings. The van der Waals surface area contributed by atoms with Gasteiger partial charge >= 0.3 is 0 Å². The number of anilines is 1. The van der Waals surface area contributed by atoms with Crippen LogP contribution in [0.1, 0.15) is 30.4 Å². The Morgan fingerprint density at radius 3 is 2.68 bits per heavy atom. The fraction of sp³-hybridized carbons (Fsp3) is 0.240. The number of hydrogen-bond donors (Lipinski definition) is 2. The van der Waals surface area contributed by atoms with Crippen molar-refractivity contribution in [2.75, 3.05) is 11.9 Å². The summed E-state index contributed by atoms with van der Waals surface area (Å²) in [4.78, 5) is 17.4. The molecule has 1 aliphatic rings. The highest BCUT2D eigenvalue weighted by Crippen LogP contribution is 2.48. The number of benzene rings is 2. The van der Waals surface area contributed by atoms with Crippen LogP contribution in [0.25, 0.3) is 22.5 Å². The van der Waals surface area contributed by atoms with Gasteiger partial charge in [-0.05, 0) is 78.4 Å². The molecule has 0 radical (unpaired) electrons. The maximum absolute atomic E-state index is 13.0. The fourth-order valence-corrected chi connectivity index (χ4v) is 4.23. The van der Waals surface area contributed by atoms with E-state index in [4.69, 9.17) is 16.3 Å². The van der Waals surface area contributed by atoms with Crippen LogP contribution in [-0.2, 0) is 4.79 Å². The van der Waals surface area contributed by atoms with E-state index in [1.165, 1.54) is 0 Å². The van der Waals surface area contributed by atoms with Crippen molar-refractivity contribution in [1.82, 2.24) is 25.6 Å². The van der Waals surface area contributed by atoms with Gasteiger partial charge in [0.05, 0.1) is 6.61 Å². The largest absolute Gasteiger partial charge is 0.478 e. The van der Waals surface area contributed by atoms with Crippen LogP contribution in [0.3, 0.4) is 0 Å². The van der Waals surface area contributed by atoms with E-state index in [9.17, 15) is 4.79 Å². The zero-order valence-corrected chi connectivity index (χ0v) is 19.5. The quantitative estimate of drug-likeness (QED) is 0.389.